The zero-order valence-corrected chi connectivity index (χ0v) is 20.4. The number of sulfonamides is 1. The Balaban J connectivity index is 1.81. The molecular formula is C25H23ClFN5O2S. The highest BCUT2D eigenvalue weighted by Crippen LogP contribution is 2.30. The lowest BCUT2D eigenvalue weighted by Crippen LogP contribution is -2.36. The molecule has 1 unspecified atom stereocenters. The predicted molar refractivity (Wildman–Crippen MR) is 137 cm³/mol. The van der Waals surface area contributed by atoms with Crippen molar-refractivity contribution in [3.8, 4) is 0 Å². The Labute approximate surface area is 208 Å². The zero-order valence-electron chi connectivity index (χ0n) is 18.8. The van der Waals surface area contributed by atoms with Gasteiger partial charge in [0, 0.05) is 17.5 Å². The van der Waals surface area contributed by atoms with Crippen molar-refractivity contribution in [2.45, 2.75) is 24.2 Å². The zero-order chi connectivity index (χ0) is 25.0. The lowest BCUT2D eigenvalue weighted by molar-refractivity contribution is 0.400. The Morgan fingerprint density at radius 1 is 1.06 bits per heavy atom. The first-order valence-electron chi connectivity index (χ1n) is 10.8. The number of hydrogen-bond acceptors (Lipinski definition) is 3. The van der Waals surface area contributed by atoms with E-state index in [-0.39, 0.29) is 22.6 Å². The van der Waals surface area contributed by atoms with E-state index in [0.29, 0.717) is 18.0 Å². The fourth-order valence-corrected chi connectivity index (χ4v) is 4.78. The fourth-order valence-electron chi connectivity index (χ4n) is 3.72. The van der Waals surface area contributed by atoms with Gasteiger partial charge in [0.1, 0.15) is 5.82 Å². The Morgan fingerprint density at radius 2 is 1.71 bits per heavy atom. The van der Waals surface area contributed by atoms with Gasteiger partial charge in [-0.3, -0.25) is 0 Å². The van der Waals surface area contributed by atoms with Crippen LogP contribution in [0.3, 0.4) is 0 Å². The van der Waals surface area contributed by atoms with E-state index < -0.39 is 15.8 Å². The molecule has 0 spiro atoms. The molecule has 0 amide bonds. The summed E-state index contributed by atoms with van der Waals surface area (Å²) in [7, 11) is -4.19. The van der Waals surface area contributed by atoms with Gasteiger partial charge in [-0.25, -0.2) is 9.40 Å². The highest BCUT2D eigenvalue weighted by atomic mass is 35.5. The van der Waals surface area contributed by atoms with E-state index in [2.05, 4.69) is 9.39 Å². The SMILES string of the molecule is CC(N)=NC(=NS(=O)(=O)c1ccc(F)cc1)N1CCC(c2ccccc2)C(c2ccc(Cl)cc2)=N1. The minimum atomic E-state index is -4.19. The van der Waals surface area contributed by atoms with Gasteiger partial charge >= 0.3 is 0 Å². The van der Waals surface area contributed by atoms with Crippen molar-refractivity contribution < 1.29 is 12.8 Å². The molecule has 1 aliphatic rings. The molecule has 3 aromatic carbocycles. The number of nitrogens with zero attached hydrogens (tertiary/aromatic N) is 4. The number of amidine groups is 1. The molecule has 0 saturated carbocycles. The van der Waals surface area contributed by atoms with E-state index in [1.54, 1.807) is 12.1 Å². The summed E-state index contributed by atoms with van der Waals surface area (Å²) < 4.78 is 43.1. The lowest BCUT2D eigenvalue weighted by atomic mass is 9.86. The molecule has 0 radical (unpaired) electrons. The molecule has 4 rings (SSSR count). The lowest BCUT2D eigenvalue weighted by Gasteiger charge is -2.30. The van der Waals surface area contributed by atoms with E-state index in [9.17, 15) is 12.8 Å². The van der Waals surface area contributed by atoms with Crippen molar-refractivity contribution in [3.05, 3.63) is 101 Å². The van der Waals surface area contributed by atoms with Gasteiger partial charge in [0.15, 0.2) is 0 Å². The average molecular weight is 512 g/mol. The number of halogens is 2. The minimum Gasteiger partial charge on any atom is -0.387 e. The van der Waals surface area contributed by atoms with Crippen LogP contribution < -0.4 is 5.73 Å². The van der Waals surface area contributed by atoms with Crippen LogP contribution in [0.5, 0.6) is 0 Å². The Hall–Kier alpha value is -3.56. The van der Waals surface area contributed by atoms with E-state index in [1.165, 1.54) is 11.9 Å². The van der Waals surface area contributed by atoms with E-state index >= 15 is 0 Å². The van der Waals surface area contributed by atoms with E-state index in [0.717, 1.165) is 41.1 Å². The Bertz CT molecular complexity index is 1390. The van der Waals surface area contributed by atoms with Gasteiger partial charge in [0.2, 0.25) is 0 Å². The number of nitrogens with two attached hydrogens (primary N) is 1. The van der Waals surface area contributed by atoms with Crippen LogP contribution in [0.4, 0.5) is 4.39 Å². The monoisotopic (exact) mass is 511 g/mol. The quantitative estimate of drug-likeness (QED) is 0.402. The number of rotatable bonds is 4. The van der Waals surface area contributed by atoms with Crippen LogP contribution in [-0.4, -0.2) is 37.5 Å². The van der Waals surface area contributed by atoms with Crippen molar-refractivity contribution in [1.82, 2.24) is 5.01 Å². The van der Waals surface area contributed by atoms with Crippen LogP contribution >= 0.6 is 11.6 Å². The number of aliphatic imine (C=N–C) groups is 1. The van der Waals surface area contributed by atoms with Crippen molar-refractivity contribution in [1.29, 1.82) is 0 Å². The molecule has 0 fully saturated rings. The van der Waals surface area contributed by atoms with Crippen molar-refractivity contribution in [2.24, 2.45) is 20.2 Å². The summed E-state index contributed by atoms with van der Waals surface area (Å²) in [6.07, 6.45) is 0.625. The fraction of sp³-hybridized carbons (Fsp3) is 0.160. The topological polar surface area (TPSA) is 100 Å². The largest absolute Gasteiger partial charge is 0.387 e. The maximum absolute atomic E-state index is 13.3. The molecule has 3 aromatic rings. The molecule has 10 heteroatoms. The van der Waals surface area contributed by atoms with Crippen LogP contribution in [0.25, 0.3) is 0 Å². The van der Waals surface area contributed by atoms with E-state index in [4.69, 9.17) is 22.4 Å². The second-order valence-electron chi connectivity index (χ2n) is 7.94. The van der Waals surface area contributed by atoms with Crippen molar-refractivity contribution >= 4 is 39.1 Å². The van der Waals surface area contributed by atoms with Gasteiger partial charge < -0.3 is 5.73 Å². The Kier molecular flexibility index (Phi) is 7.28. The van der Waals surface area contributed by atoms with Crippen molar-refractivity contribution in [2.75, 3.05) is 6.54 Å². The van der Waals surface area contributed by atoms with Crippen LogP contribution in [0.2, 0.25) is 5.02 Å². The standard InChI is InChI=1S/C25H23ClFN5O2S/c1-17(28)29-25(31-35(33,34)22-13-11-21(27)12-14-22)32-16-15-23(18-5-3-2-4-6-18)24(30-32)19-7-9-20(26)10-8-19/h2-14,23H,15-16H2,1H3,(H2,28,29,31). The van der Waals surface area contributed by atoms with Crippen LogP contribution in [0, 0.1) is 5.82 Å². The van der Waals surface area contributed by atoms with Crippen LogP contribution in [-0.2, 0) is 10.0 Å². The van der Waals surface area contributed by atoms with Gasteiger partial charge in [-0.05, 0) is 60.9 Å². The molecule has 0 bridgehead atoms. The number of hydrazone groups is 1. The minimum absolute atomic E-state index is 0.0356. The summed E-state index contributed by atoms with van der Waals surface area (Å²) in [5, 5.41) is 6.80. The predicted octanol–water partition coefficient (Wildman–Crippen LogP) is 4.79. The molecule has 0 saturated heterocycles. The van der Waals surface area contributed by atoms with Gasteiger partial charge in [-0.2, -0.15) is 18.5 Å². The normalized spacial score (nSPS) is 17.3. The first-order valence-corrected chi connectivity index (χ1v) is 12.6. The maximum Gasteiger partial charge on any atom is 0.285 e. The summed E-state index contributed by atoms with van der Waals surface area (Å²) in [6.45, 7) is 1.88. The highest BCUT2D eigenvalue weighted by Gasteiger charge is 2.29. The molecule has 0 aromatic heterocycles. The van der Waals surface area contributed by atoms with Gasteiger partial charge in [0.05, 0.1) is 16.4 Å². The summed E-state index contributed by atoms with van der Waals surface area (Å²) in [4.78, 5) is 3.99. The molecule has 35 heavy (non-hydrogen) atoms. The van der Waals surface area contributed by atoms with Gasteiger partial charge in [-0.1, -0.05) is 54.1 Å². The third kappa shape index (κ3) is 5.93. The first kappa shape index (κ1) is 24.6. The van der Waals surface area contributed by atoms with E-state index in [1.807, 2.05) is 42.5 Å². The average Bonchev–Trinajstić information content (AvgIpc) is 2.84. The molecule has 180 valence electrons. The summed E-state index contributed by atoms with van der Waals surface area (Å²) in [5.74, 6) is -0.644. The molecule has 2 N–H and O–H groups in total. The third-order valence-corrected chi connectivity index (χ3v) is 6.87. The molecule has 1 atom stereocenters. The molecule has 1 aliphatic heterocycles. The number of benzene rings is 3. The third-order valence-electron chi connectivity index (χ3n) is 5.35. The molecule has 1 heterocycles. The summed E-state index contributed by atoms with van der Waals surface area (Å²) >= 11 is 6.09. The van der Waals surface area contributed by atoms with Gasteiger partial charge in [-0.15, -0.1) is 4.40 Å². The van der Waals surface area contributed by atoms with Crippen LogP contribution in [0.1, 0.15) is 30.4 Å². The molecule has 0 aliphatic carbocycles. The van der Waals surface area contributed by atoms with Gasteiger partial charge in [0.25, 0.3) is 16.0 Å². The first-order chi connectivity index (χ1) is 16.7. The summed E-state index contributed by atoms with van der Waals surface area (Å²) in [5.41, 5.74) is 8.43. The summed E-state index contributed by atoms with van der Waals surface area (Å²) in [6, 6.07) is 21.6. The number of hydrogen-bond donors (Lipinski definition) is 1. The van der Waals surface area contributed by atoms with Crippen LogP contribution in [0.15, 0.2) is 98.2 Å². The molecular weight excluding hydrogens is 489 g/mol. The smallest absolute Gasteiger partial charge is 0.285 e. The Morgan fingerprint density at radius 3 is 2.34 bits per heavy atom. The number of guanidine groups is 1. The second-order valence-corrected chi connectivity index (χ2v) is 9.98. The maximum atomic E-state index is 13.3. The highest BCUT2D eigenvalue weighted by molar-refractivity contribution is 7.90. The van der Waals surface area contributed by atoms with Crippen molar-refractivity contribution in [3.63, 3.8) is 0 Å². The molecule has 7 nitrogen and oxygen atoms in total. The second kappa shape index (κ2) is 10.4.